The summed E-state index contributed by atoms with van der Waals surface area (Å²) in [7, 11) is 0. The van der Waals surface area contributed by atoms with Crippen LogP contribution >= 0.6 is 0 Å². The number of nitrogens with one attached hydrogen (secondary N) is 2. The zero-order valence-corrected chi connectivity index (χ0v) is 12.2. The van der Waals surface area contributed by atoms with Crippen molar-refractivity contribution in [2.24, 2.45) is 0 Å². The normalized spacial score (nSPS) is 10.8. The lowest BCUT2D eigenvalue weighted by Gasteiger charge is -2.09. The van der Waals surface area contributed by atoms with Crippen LogP contribution in [-0.2, 0) is 0 Å². The van der Waals surface area contributed by atoms with Crippen LogP contribution in [0.15, 0.2) is 82.1 Å². The van der Waals surface area contributed by atoms with Gasteiger partial charge in [0.2, 0.25) is 0 Å². The summed E-state index contributed by atoms with van der Waals surface area (Å²) >= 11 is 0. The van der Waals surface area contributed by atoms with Crippen LogP contribution in [-0.4, -0.2) is 5.16 Å². The standard InChI is InChI=1S/C19H14N2O2/c22-19-18-16(10-5-11-17(18)23-21-19)20-15-9-4-8-14(12-15)13-6-2-1-3-7-13/h1-12,20H,(H,21,22). The molecule has 0 saturated carbocycles. The second-order valence-corrected chi connectivity index (χ2v) is 5.28. The molecule has 23 heavy (non-hydrogen) atoms. The first kappa shape index (κ1) is 13.4. The molecule has 4 nitrogen and oxygen atoms in total. The second kappa shape index (κ2) is 5.50. The molecule has 0 unspecified atom stereocenters. The number of rotatable bonds is 3. The molecule has 0 bridgehead atoms. The summed E-state index contributed by atoms with van der Waals surface area (Å²) in [6, 6.07) is 23.7. The Morgan fingerprint density at radius 1 is 0.826 bits per heavy atom. The molecule has 0 fully saturated rings. The summed E-state index contributed by atoms with van der Waals surface area (Å²) in [5.41, 5.74) is 4.21. The largest absolute Gasteiger partial charge is 0.378 e. The Balaban J connectivity index is 1.74. The molecule has 1 heterocycles. The van der Waals surface area contributed by atoms with Gasteiger partial charge in [-0.1, -0.05) is 48.5 Å². The first-order chi connectivity index (χ1) is 11.3. The van der Waals surface area contributed by atoms with Crippen LogP contribution in [0, 0.1) is 0 Å². The number of anilines is 2. The van der Waals surface area contributed by atoms with E-state index in [1.54, 1.807) is 6.07 Å². The minimum atomic E-state index is -0.234. The van der Waals surface area contributed by atoms with Crippen LogP contribution in [0.5, 0.6) is 0 Å². The predicted octanol–water partition coefficient (Wildman–Crippen LogP) is 4.53. The van der Waals surface area contributed by atoms with Gasteiger partial charge in [-0.3, -0.25) is 4.79 Å². The molecule has 2 N–H and O–H groups in total. The van der Waals surface area contributed by atoms with Gasteiger partial charge in [0, 0.05) is 5.69 Å². The molecule has 0 amide bonds. The van der Waals surface area contributed by atoms with E-state index in [1.165, 1.54) is 0 Å². The molecule has 1 aromatic heterocycles. The fourth-order valence-corrected chi connectivity index (χ4v) is 2.67. The van der Waals surface area contributed by atoms with E-state index in [-0.39, 0.29) is 5.56 Å². The Labute approximate surface area is 132 Å². The smallest absolute Gasteiger partial charge is 0.289 e. The summed E-state index contributed by atoms with van der Waals surface area (Å²) < 4.78 is 5.14. The Bertz CT molecular complexity index is 1020. The summed E-state index contributed by atoms with van der Waals surface area (Å²) in [6.45, 7) is 0. The molecule has 4 heteroatoms. The molecular formula is C19H14N2O2. The van der Waals surface area contributed by atoms with E-state index in [9.17, 15) is 4.79 Å². The zero-order valence-electron chi connectivity index (χ0n) is 12.2. The van der Waals surface area contributed by atoms with Crippen molar-refractivity contribution in [1.82, 2.24) is 5.16 Å². The topological polar surface area (TPSA) is 58.0 Å². The van der Waals surface area contributed by atoms with Crippen molar-refractivity contribution >= 4 is 22.3 Å². The van der Waals surface area contributed by atoms with Crippen LogP contribution < -0.4 is 10.9 Å². The maximum atomic E-state index is 11.9. The molecule has 4 rings (SSSR count). The third-order valence-corrected chi connectivity index (χ3v) is 3.76. The SMILES string of the molecule is O=c1[nH]oc2cccc(Nc3cccc(-c4ccccc4)c3)c12. The van der Waals surface area contributed by atoms with Gasteiger partial charge in [-0.2, -0.15) is 5.16 Å². The Morgan fingerprint density at radius 3 is 2.48 bits per heavy atom. The number of H-pyrrole nitrogens is 1. The summed E-state index contributed by atoms with van der Waals surface area (Å²) in [5.74, 6) is 0. The number of aromatic nitrogens is 1. The number of hydrogen-bond donors (Lipinski definition) is 2. The van der Waals surface area contributed by atoms with E-state index in [1.807, 2.05) is 42.5 Å². The lowest BCUT2D eigenvalue weighted by atomic mass is 10.1. The van der Waals surface area contributed by atoms with Crippen molar-refractivity contribution in [1.29, 1.82) is 0 Å². The third kappa shape index (κ3) is 2.51. The fourth-order valence-electron chi connectivity index (χ4n) is 2.67. The zero-order chi connectivity index (χ0) is 15.6. The highest BCUT2D eigenvalue weighted by Crippen LogP contribution is 2.27. The van der Waals surface area contributed by atoms with Crippen LogP contribution in [0.3, 0.4) is 0 Å². The minimum Gasteiger partial charge on any atom is -0.378 e. The lowest BCUT2D eigenvalue weighted by Crippen LogP contribution is -2.01. The van der Waals surface area contributed by atoms with Crippen LogP contribution in [0.2, 0.25) is 0 Å². The quantitative estimate of drug-likeness (QED) is 0.584. The Kier molecular flexibility index (Phi) is 3.20. The van der Waals surface area contributed by atoms with Gasteiger partial charge in [-0.15, -0.1) is 0 Å². The molecule has 3 aromatic carbocycles. The third-order valence-electron chi connectivity index (χ3n) is 3.76. The molecular weight excluding hydrogens is 288 g/mol. The fraction of sp³-hybridized carbons (Fsp3) is 0. The van der Waals surface area contributed by atoms with Gasteiger partial charge in [-0.25, -0.2) is 0 Å². The maximum Gasteiger partial charge on any atom is 0.289 e. The molecule has 0 aliphatic carbocycles. The Morgan fingerprint density at radius 2 is 1.61 bits per heavy atom. The van der Waals surface area contributed by atoms with Crippen molar-refractivity contribution in [2.75, 3.05) is 5.32 Å². The molecule has 0 radical (unpaired) electrons. The van der Waals surface area contributed by atoms with E-state index in [4.69, 9.17) is 4.52 Å². The molecule has 0 spiro atoms. The first-order valence-corrected chi connectivity index (χ1v) is 7.34. The molecule has 0 saturated heterocycles. The van der Waals surface area contributed by atoms with Gasteiger partial charge in [0.05, 0.1) is 5.69 Å². The predicted molar refractivity (Wildman–Crippen MR) is 92.0 cm³/mol. The first-order valence-electron chi connectivity index (χ1n) is 7.34. The van der Waals surface area contributed by atoms with Crippen LogP contribution in [0.1, 0.15) is 0 Å². The summed E-state index contributed by atoms with van der Waals surface area (Å²) in [5, 5.41) is 6.20. The average molecular weight is 302 g/mol. The van der Waals surface area contributed by atoms with Gasteiger partial charge in [-0.05, 0) is 35.4 Å². The van der Waals surface area contributed by atoms with E-state index >= 15 is 0 Å². The van der Waals surface area contributed by atoms with Crippen molar-refractivity contribution in [3.05, 3.63) is 83.2 Å². The number of hydrogen-bond acceptors (Lipinski definition) is 3. The monoisotopic (exact) mass is 302 g/mol. The van der Waals surface area contributed by atoms with Gasteiger partial charge in [0.15, 0.2) is 5.58 Å². The molecule has 0 aliphatic heterocycles. The highest BCUT2D eigenvalue weighted by Gasteiger charge is 2.09. The van der Waals surface area contributed by atoms with Crippen molar-refractivity contribution < 1.29 is 4.52 Å². The highest BCUT2D eigenvalue weighted by molar-refractivity contribution is 5.91. The number of aromatic amines is 1. The van der Waals surface area contributed by atoms with Gasteiger partial charge in [0.25, 0.3) is 5.56 Å². The molecule has 112 valence electrons. The van der Waals surface area contributed by atoms with Crippen LogP contribution in [0.25, 0.3) is 22.1 Å². The maximum absolute atomic E-state index is 11.9. The summed E-state index contributed by atoms with van der Waals surface area (Å²) in [4.78, 5) is 11.9. The van der Waals surface area contributed by atoms with Crippen LogP contribution in [0.4, 0.5) is 11.4 Å². The van der Waals surface area contributed by atoms with Crippen molar-refractivity contribution in [3.63, 3.8) is 0 Å². The van der Waals surface area contributed by atoms with Gasteiger partial charge < -0.3 is 9.84 Å². The van der Waals surface area contributed by atoms with Crippen molar-refractivity contribution in [2.45, 2.75) is 0 Å². The molecule has 4 aromatic rings. The molecule has 0 atom stereocenters. The minimum absolute atomic E-state index is 0.234. The van der Waals surface area contributed by atoms with E-state index < -0.39 is 0 Å². The number of fused-ring (bicyclic) bond motifs is 1. The Hall–Kier alpha value is -3.27. The van der Waals surface area contributed by atoms with Gasteiger partial charge >= 0.3 is 0 Å². The van der Waals surface area contributed by atoms with E-state index in [0.717, 1.165) is 22.5 Å². The molecule has 0 aliphatic rings. The lowest BCUT2D eigenvalue weighted by molar-refractivity contribution is 0.449. The van der Waals surface area contributed by atoms with Crippen molar-refractivity contribution in [3.8, 4) is 11.1 Å². The van der Waals surface area contributed by atoms with E-state index in [0.29, 0.717) is 11.0 Å². The summed E-state index contributed by atoms with van der Waals surface area (Å²) in [6.07, 6.45) is 0. The van der Waals surface area contributed by atoms with Gasteiger partial charge in [0.1, 0.15) is 5.39 Å². The highest BCUT2D eigenvalue weighted by atomic mass is 16.5. The van der Waals surface area contributed by atoms with E-state index in [2.05, 4.69) is 34.7 Å². The number of benzene rings is 3. The second-order valence-electron chi connectivity index (χ2n) is 5.28. The average Bonchev–Trinajstić information content (AvgIpc) is 2.98.